The topological polar surface area (TPSA) is 63.7 Å². The van der Waals surface area contributed by atoms with Crippen molar-refractivity contribution in [3.05, 3.63) is 97.9 Å². The fourth-order valence-electron chi connectivity index (χ4n) is 3.01. The molecule has 0 atom stereocenters. The van der Waals surface area contributed by atoms with E-state index in [9.17, 15) is 13.2 Å². The van der Waals surface area contributed by atoms with Gasteiger partial charge in [0.2, 0.25) is 10.0 Å². The molecule has 3 rings (SSSR count). The fourth-order valence-corrected chi connectivity index (χ4v) is 5.42. The Morgan fingerprint density at radius 2 is 1.41 bits per heavy atom. The quantitative estimate of drug-likeness (QED) is 0.304. The molecule has 0 fully saturated rings. The monoisotopic (exact) mass is 555 g/mol. The van der Waals surface area contributed by atoms with Crippen molar-refractivity contribution in [2.75, 3.05) is 6.61 Å². The van der Waals surface area contributed by atoms with Crippen molar-refractivity contribution in [1.29, 1.82) is 0 Å². The summed E-state index contributed by atoms with van der Waals surface area (Å²) in [5.41, 5.74) is 1.93. The second kappa shape index (κ2) is 10.8. The number of halogens is 3. The van der Waals surface area contributed by atoms with Crippen LogP contribution in [0, 0.1) is 0 Å². The molecule has 0 bridgehead atoms. The van der Waals surface area contributed by atoms with Gasteiger partial charge in [-0.1, -0.05) is 63.4 Å². The average Bonchev–Trinajstić information content (AvgIpc) is 2.74. The number of benzene rings is 3. The van der Waals surface area contributed by atoms with Crippen LogP contribution in [0.25, 0.3) is 0 Å². The first-order valence-corrected chi connectivity index (χ1v) is 12.6. The van der Waals surface area contributed by atoms with Crippen molar-refractivity contribution in [2.45, 2.75) is 24.9 Å². The van der Waals surface area contributed by atoms with Gasteiger partial charge < -0.3 is 4.74 Å². The van der Waals surface area contributed by atoms with Gasteiger partial charge in [0.05, 0.1) is 17.1 Å². The van der Waals surface area contributed by atoms with Gasteiger partial charge in [-0.15, -0.1) is 0 Å². The molecule has 0 unspecified atom stereocenters. The molecular weight excluding hydrogens is 537 g/mol. The molecule has 168 valence electrons. The Labute approximate surface area is 206 Å². The first kappa shape index (κ1) is 24.7. The lowest BCUT2D eigenvalue weighted by Gasteiger charge is -2.23. The predicted molar refractivity (Wildman–Crippen MR) is 129 cm³/mol. The average molecular weight is 557 g/mol. The van der Waals surface area contributed by atoms with Crippen LogP contribution in [0.4, 0.5) is 0 Å². The second-order valence-corrected chi connectivity index (χ2v) is 10.6. The van der Waals surface area contributed by atoms with Gasteiger partial charge >= 0.3 is 5.97 Å². The number of rotatable bonds is 8. The molecule has 9 heteroatoms. The number of nitrogens with zero attached hydrogens (tertiary/aromatic N) is 1. The number of esters is 1. The number of carbonyl (C=O) groups excluding carboxylic acids is 1. The third kappa shape index (κ3) is 6.33. The summed E-state index contributed by atoms with van der Waals surface area (Å²) < 4.78 is 34.2. The Morgan fingerprint density at radius 1 is 0.906 bits per heavy atom. The minimum Gasteiger partial charge on any atom is -0.462 e. The lowest BCUT2D eigenvalue weighted by Crippen LogP contribution is -2.30. The van der Waals surface area contributed by atoms with Crippen molar-refractivity contribution >= 4 is 55.1 Å². The van der Waals surface area contributed by atoms with Crippen molar-refractivity contribution in [3.8, 4) is 0 Å². The number of sulfonamides is 1. The highest BCUT2D eigenvalue weighted by Crippen LogP contribution is 2.27. The van der Waals surface area contributed by atoms with E-state index < -0.39 is 16.0 Å². The third-order valence-corrected chi connectivity index (χ3v) is 7.30. The van der Waals surface area contributed by atoms with Crippen LogP contribution in [-0.2, 0) is 27.8 Å². The molecule has 5 nitrogen and oxygen atoms in total. The highest BCUT2D eigenvalue weighted by molar-refractivity contribution is 9.10. The SMILES string of the molecule is CCOC(=O)c1ccc(CN(Cc2ccc(Br)cc2)S(=O)(=O)c2cc(Cl)cc(Cl)c2)cc1. The lowest BCUT2D eigenvalue weighted by atomic mass is 10.1. The molecule has 32 heavy (non-hydrogen) atoms. The Kier molecular flexibility index (Phi) is 8.36. The van der Waals surface area contributed by atoms with Crippen LogP contribution in [0.15, 0.2) is 76.1 Å². The second-order valence-electron chi connectivity index (χ2n) is 6.92. The zero-order valence-electron chi connectivity index (χ0n) is 17.1. The van der Waals surface area contributed by atoms with Crippen molar-refractivity contribution in [1.82, 2.24) is 4.31 Å². The van der Waals surface area contributed by atoms with E-state index >= 15 is 0 Å². The molecule has 3 aromatic rings. The normalized spacial score (nSPS) is 11.5. The van der Waals surface area contributed by atoms with E-state index in [2.05, 4.69) is 15.9 Å². The summed E-state index contributed by atoms with van der Waals surface area (Å²) in [5.74, 6) is -0.424. The number of ether oxygens (including phenoxy) is 1. The van der Waals surface area contributed by atoms with Gasteiger partial charge in [-0.25, -0.2) is 13.2 Å². The molecule has 3 aromatic carbocycles. The van der Waals surface area contributed by atoms with E-state index in [-0.39, 0.29) is 34.6 Å². The molecule has 0 N–H and O–H groups in total. The molecular formula is C23H20BrCl2NO4S. The van der Waals surface area contributed by atoms with Crippen molar-refractivity contribution in [2.24, 2.45) is 0 Å². The summed E-state index contributed by atoms with van der Waals surface area (Å²) in [6, 6.07) is 18.3. The summed E-state index contributed by atoms with van der Waals surface area (Å²) in [5, 5.41) is 0.469. The summed E-state index contributed by atoms with van der Waals surface area (Å²) >= 11 is 15.5. The zero-order valence-corrected chi connectivity index (χ0v) is 21.0. The van der Waals surface area contributed by atoms with E-state index in [1.54, 1.807) is 31.2 Å². The van der Waals surface area contributed by atoms with E-state index in [1.807, 2.05) is 24.3 Å². The molecule has 0 amide bonds. The zero-order chi connectivity index (χ0) is 23.3. The predicted octanol–water partition coefficient (Wildman–Crippen LogP) is 6.32. The van der Waals surface area contributed by atoms with Crippen LogP contribution in [0.1, 0.15) is 28.4 Å². The Bertz CT molecular complexity index is 1180. The van der Waals surface area contributed by atoms with Crippen molar-refractivity contribution in [3.63, 3.8) is 0 Å². The van der Waals surface area contributed by atoms with Crippen LogP contribution < -0.4 is 0 Å². The lowest BCUT2D eigenvalue weighted by molar-refractivity contribution is 0.0526. The fraction of sp³-hybridized carbons (Fsp3) is 0.174. The molecule has 0 aliphatic carbocycles. The van der Waals surface area contributed by atoms with Crippen molar-refractivity contribution < 1.29 is 17.9 Å². The largest absolute Gasteiger partial charge is 0.462 e. The first-order valence-electron chi connectivity index (χ1n) is 9.66. The molecule has 0 aromatic heterocycles. The number of carbonyl (C=O) groups is 1. The third-order valence-electron chi connectivity index (χ3n) is 4.57. The Balaban J connectivity index is 1.95. The Morgan fingerprint density at radius 3 is 1.91 bits per heavy atom. The highest BCUT2D eigenvalue weighted by atomic mass is 79.9. The van der Waals surface area contributed by atoms with Crippen LogP contribution >= 0.6 is 39.1 Å². The van der Waals surface area contributed by atoms with Gasteiger partial charge in [0.15, 0.2) is 0 Å². The van der Waals surface area contributed by atoms with Crippen LogP contribution in [0.5, 0.6) is 0 Å². The van der Waals surface area contributed by atoms with Gasteiger partial charge in [-0.2, -0.15) is 4.31 Å². The van der Waals surface area contributed by atoms with Gasteiger partial charge in [-0.05, 0) is 60.5 Å². The molecule has 0 heterocycles. The number of hydrogen-bond acceptors (Lipinski definition) is 4. The maximum absolute atomic E-state index is 13.5. The molecule has 0 radical (unpaired) electrons. The summed E-state index contributed by atoms with van der Waals surface area (Å²) in [6.07, 6.45) is 0. The van der Waals surface area contributed by atoms with Crippen LogP contribution in [-0.4, -0.2) is 25.3 Å². The summed E-state index contributed by atoms with van der Waals surface area (Å²) in [6.45, 7) is 2.24. The molecule has 0 spiro atoms. The highest BCUT2D eigenvalue weighted by Gasteiger charge is 2.26. The van der Waals surface area contributed by atoms with E-state index in [1.165, 1.54) is 22.5 Å². The standard InChI is InChI=1S/C23H20BrCl2NO4S/c1-2-31-23(28)18-7-3-16(4-8-18)14-27(15-17-5-9-19(24)10-6-17)32(29,30)22-12-20(25)11-21(26)13-22/h3-13H,2,14-15H2,1H3. The Hall–Kier alpha value is -1.90. The molecule has 0 aliphatic heterocycles. The number of hydrogen-bond donors (Lipinski definition) is 0. The van der Waals surface area contributed by atoms with Crippen LogP contribution in [0.3, 0.4) is 0 Å². The maximum atomic E-state index is 13.5. The summed E-state index contributed by atoms with van der Waals surface area (Å²) in [4.78, 5) is 11.9. The minimum absolute atomic E-state index is 0.00950. The summed E-state index contributed by atoms with van der Waals surface area (Å²) in [7, 11) is -3.93. The molecule has 0 saturated carbocycles. The molecule has 0 saturated heterocycles. The van der Waals surface area contributed by atoms with E-state index in [4.69, 9.17) is 27.9 Å². The molecule has 0 aliphatic rings. The smallest absolute Gasteiger partial charge is 0.338 e. The van der Waals surface area contributed by atoms with E-state index in [0.29, 0.717) is 11.1 Å². The van der Waals surface area contributed by atoms with Gasteiger partial charge in [0, 0.05) is 27.6 Å². The van der Waals surface area contributed by atoms with Crippen LogP contribution in [0.2, 0.25) is 10.0 Å². The van der Waals surface area contributed by atoms with Gasteiger partial charge in [0.25, 0.3) is 0 Å². The van der Waals surface area contributed by atoms with E-state index in [0.717, 1.165) is 10.0 Å². The first-order chi connectivity index (χ1) is 15.2. The minimum atomic E-state index is -3.93. The maximum Gasteiger partial charge on any atom is 0.338 e. The van der Waals surface area contributed by atoms with Gasteiger partial charge in [0.1, 0.15) is 0 Å². The van der Waals surface area contributed by atoms with Gasteiger partial charge in [-0.3, -0.25) is 0 Å².